The maximum absolute atomic E-state index is 13.0. The average Bonchev–Trinajstić information content (AvgIpc) is 3.25. The molecule has 9 nitrogen and oxygen atoms in total. The molecule has 2 aromatic rings. The summed E-state index contributed by atoms with van der Waals surface area (Å²) in [6.45, 7) is 3.03. The van der Waals surface area contributed by atoms with Crippen molar-refractivity contribution in [1.29, 1.82) is 0 Å². The van der Waals surface area contributed by atoms with E-state index in [4.69, 9.17) is 9.73 Å². The van der Waals surface area contributed by atoms with Crippen molar-refractivity contribution in [1.82, 2.24) is 15.5 Å². The molecule has 2 N–H and O–H groups in total. The lowest BCUT2D eigenvalue weighted by Crippen LogP contribution is -2.44. The van der Waals surface area contributed by atoms with E-state index in [0.29, 0.717) is 35.5 Å². The third-order valence-electron chi connectivity index (χ3n) is 6.11. The molecule has 37 heavy (non-hydrogen) atoms. The average molecular weight is 522 g/mol. The highest BCUT2D eigenvalue weighted by atomic mass is 32.2. The number of para-hydroxylation sites is 2. The Morgan fingerprint density at radius 1 is 1.05 bits per heavy atom. The summed E-state index contributed by atoms with van der Waals surface area (Å²) in [5.74, 6) is 0.820. The molecule has 0 bridgehead atoms. The third kappa shape index (κ3) is 6.37. The normalized spacial score (nSPS) is 15.9. The van der Waals surface area contributed by atoms with Crippen LogP contribution >= 0.6 is 11.8 Å². The van der Waals surface area contributed by atoms with E-state index >= 15 is 0 Å². The van der Waals surface area contributed by atoms with Gasteiger partial charge in [-0.25, -0.2) is 4.99 Å². The van der Waals surface area contributed by atoms with Crippen LogP contribution in [0.5, 0.6) is 5.75 Å². The fraction of sp³-hybridized carbons (Fsp3) is 0.370. The van der Waals surface area contributed by atoms with Crippen LogP contribution < -0.4 is 15.4 Å². The fourth-order valence-electron chi connectivity index (χ4n) is 4.16. The number of amidine groups is 2. The maximum Gasteiger partial charge on any atom is 0.270 e. The number of methoxy groups -OCH3 is 1. The molecular formula is C27H31N5O4S. The van der Waals surface area contributed by atoms with Gasteiger partial charge in [-0.2, -0.15) is 4.99 Å². The van der Waals surface area contributed by atoms with Gasteiger partial charge in [-0.3, -0.25) is 19.3 Å². The number of aliphatic imine (C=N–C) groups is 2. The first-order valence-corrected chi connectivity index (χ1v) is 13.4. The predicted octanol–water partition coefficient (Wildman–Crippen LogP) is 3.40. The molecule has 2 heterocycles. The number of fused-ring (bicyclic) bond motifs is 3. The molecule has 0 aliphatic carbocycles. The zero-order valence-corrected chi connectivity index (χ0v) is 21.8. The number of carbonyl (C=O) groups excluding carboxylic acids is 3. The molecule has 0 spiro atoms. The van der Waals surface area contributed by atoms with Gasteiger partial charge in [0.2, 0.25) is 11.8 Å². The number of rotatable bonds is 11. The van der Waals surface area contributed by atoms with E-state index in [1.54, 1.807) is 12.0 Å². The van der Waals surface area contributed by atoms with Crippen LogP contribution in [0.25, 0.3) is 0 Å². The van der Waals surface area contributed by atoms with Gasteiger partial charge in [-0.05, 0) is 31.0 Å². The van der Waals surface area contributed by atoms with Crippen LogP contribution in [0, 0.1) is 0 Å². The zero-order valence-electron chi connectivity index (χ0n) is 21.0. The summed E-state index contributed by atoms with van der Waals surface area (Å²) in [5, 5.41) is 6.34. The molecule has 0 saturated carbocycles. The Bertz CT molecular complexity index is 1230. The molecule has 0 saturated heterocycles. The maximum atomic E-state index is 13.0. The number of benzene rings is 2. The molecule has 0 fully saturated rings. The monoisotopic (exact) mass is 521 g/mol. The van der Waals surface area contributed by atoms with Crippen molar-refractivity contribution < 1.29 is 19.1 Å². The zero-order chi connectivity index (χ0) is 26.2. The number of nitrogens with one attached hydrogen (secondary N) is 2. The van der Waals surface area contributed by atoms with Gasteiger partial charge >= 0.3 is 0 Å². The number of ether oxygens (including phenoxy) is 1. The number of thioether (sulfide) groups is 1. The molecule has 10 heteroatoms. The quantitative estimate of drug-likeness (QED) is 0.439. The molecular weight excluding hydrogens is 490 g/mol. The van der Waals surface area contributed by atoms with Crippen LogP contribution in [0.3, 0.4) is 0 Å². The van der Waals surface area contributed by atoms with Gasteiger partial charge < -0.3 is 15.4 Å². The topological polar surface area (TPSA) is 112 Å². The minimum Gasteiger partial charge on any atom is -0.496 e. The second-order valence-electron chi connectivity index (χ2n) is 8.69. The van der Waals surface area contributed by atoms with E-state index in [-0.39, 0.29) is 36.3 Å². The van der Waals surface area contributed by atoms with Crippen LogP contribution in [0.15, 0.2) is 58.5 Å². The Labute approximate surface area is 220 Å². The minimum absolute atomic E-state index is 0.0868. The van der Waals surface area contributed by atoms with Crippen molar-refractivity contribution in [3.63, 3.8) is 0 Å². The first-order chi connectivity index (χ1) is 18.0. The van der Waals surface area contributed by atoms with Crippen LogP contribution in [0.1, 0.15) is 43.7 Å². The number of nitrogens with zero attached hydrogens (tertiary/aromatic N) is 3. The van der Waals surface area contributed by atoms with Gasteiger partial charge in [-0.15, -0.1) is 0 Å². The Morgan fingerprint density at radius 3 is 2.65 bits per heavy atom. The second-order valence-corrected chi connectivity index (χ2v) is 9.63. The molecule has 2 aliphatic heterocycles. The van der Waals surface area contributed by atoms with E-state index in [0.717, 1.165) is 24.0 Å². The SMILES string of the molecule is CCCCNC(=O)CSC1=Nc2ccccc2C2=NC(=O)C(CCC(=O)NCc3ccccc3OC)N12. The smallest absolute Gasteiger partial charge is 0.270 e. The van der Waals surface area contributed by atoms with E-state index in [1.807, 2.05) is 48.5 Å². The van der Waals surface area contributed by atoms with Crippen LogP contribution in [-0.4, -0.2) is 59.1 Å². The standard InChI is InChI=1S/C27H31N5O4S/c1-3-4-15-28-24(34)17-37-27-30-20-11-7-6-10-19(20)25-31-26(35)21(32(25)27)13-14-23(33)29-16-18-9-5-8-12-22(18)36-2/h5-12,21H,3-4,13-17H2,1-2H3,(H,28,34)(H,29,33). The summed E-state index contributed by atoms with van der Waals surface area (Å²) in [7, 11) is 1.59. The highest BCUT2D eigenvalue weighted by Gasteiger charge is 2.41. The molecule has 1 unspecified atom stereocenters. The van der Waals surface area contributed by atoms with E-state index < -0.39 is 6.04 Å². The van der Waals surface area contributed by atoms with Crippen molar-refractivity contribution >= 4 is 46.2 Å². The van der Waals surface area contributed by atoms with Gasteiger partial charge in [0, 0.05) is 30.6 Å². The van der Waals surface area contributed by atoms with Crippen molar-refractivity contribution in [2.24, 2.45) is 9.98 Å². The Morgan fingerprint density at radius 2 is 1.84 bits per heavy atom. The number of carbonyl (C=O) groups is 3. The Balaban J connectivity index is 1.43. The first-order valence-electron chi connectivity index (χ1n) is 12.4. The summed E-state index contributed by atoms with van der Waals surface area (Å²) in [5.41, 5.74) is 2.33. The molecule has 3 amide bonds. The van der Waals surface area contributed by atoms with Crippen molar-refractivity contribution in [3.05, 3.63) is 59.7 Å². The molecule has 1 atom stereocenters. The molecule has 0 aromatic heterocycles. The number of hydrogen-bond acceptors (Lipinski definition) is 7. The summed E-state index contributed by atoms with van der Waals surface area (Å²) >= 11 is 1.27. The van der Waals surface area contributed by atoms with Crippen molar-refractivity contribution in [3.8, 4) is 5.75 Å². The summed E-state index contributed by atoms with van der Waals surface area (Å²) in [4.78, 5) is 48.8. The second kappa shape index (κ2) is 12.5. The van der Waals surface area contributed by atoms with Crippen LogP contribution in [-0.2, 0) is 20.9 Å². The summed E-state index contributed by atoms with van der Waals surface area (Å²) in [6.07, 6.45) is 2.33. The molecule has 2 aromatic carbocycles. The lowest BCUT2D eigenvalue weighted by atomic mass is 10.1. The van der Waals surface area contributed by atoms with Crippen LogP contribution in [0.2, 0.25) is 0 Å². The van der Waals surface area contributed by atoms with Gasteiger partial charge in [0.1, 0.15) is 17.6 Å². The van der Waals surface area contributed by atoms with Gasteiger partial charge in [0.05, 0.1) is 18.6 Å². The van der Waals surface area contributed by atoms with E-state index in [9.17, 15) is 14.4 Å². The summed E-state index contributed by atoms with van der Waals surface area (Å²) in [6, 6.07) is 14.3. The Hall–Kier alpha value is -3.66. The fourth-order valence-corrected chi connectivity index (χ4v) is 5.04. The minimum atomic E-state index is -0.658. The third-order valence-corrected chi connectivity index (χ3v) is 7.06. The Kier molecular flexibility index (Phi) is 8.95. The lowest BCUT2D eigenvalue weighted by molar-refractivity contribution is -0.122. The van der Waals surface area contributed by atoms with Gasteiger partial charge in [0.25, 0.3) is 5.91 Å². The molecule has 194 valence electrons. The molecule has 0 radical (unpaired) electrons. The number of amides is 3. The first kappa shape index (κ1) is 26.4. The van der Waals surface area contributed by atoms with Crippen molar-refractivity contribution in [2.45, 2.75) is 45.2 Å². The number of unbranched alkanes of at least 4 members (excludes halogenated alkanes) is 1. The van der Waals surface area contributed by atoms with Crippen molar-refractivity contribution in [2.75, 3.05) is 19.4 Å². The molecule has 4 rings (SSSR count). The molecule has 2 aliphatic rings. The highest BCUT2D eigenvalue weighted by Crippen LogP contribution is 2.35. The predicted molar refractivity (Wildman–Crippen MR) is 145 cm³/mol. The largest absolute Gasteiger partial charge is 0.496 e. The van der Waals surface area contributed by atoms with E-state index in [2.05, 4.69) is 22.5 Å². The number of hydrogen-bond donors (Lipinski definition) is 2. The summed E-state index contributed by atoms with van der Waals surface area (Å²) < 4.78 is 5.34. The van der Waals surface area contributed by atoms with E-state index in [1.165, 1.54) is 11.8 Å². The highest BCUT2D eigenvalue weighted by molar-refractivity contribution is 8.14. The lowest BCUT2D eigenvalue weighted by Gasteiger charge is -2.31. The van der Waals surface area contributed by atoms with Crippen LogP contribution in [0.4, 0.5) is 5.69 Å². The van der Waals surface area contributed by atoms with Gasteiger partial charge in [0.15, 0.2) is 5.17 Å². The van der Waals surface area contributed by atoms with Gasteiger partial charge in [-0.1, -0.05) is 55.4 Å².